The van der Waals surface area contributed by atoms with Crippen molar-refractivity contribution in [2.45, 2.75) is 47.1 Å². The second-order valence-corrected chi connectivity index (χ2v) is 5.62. The van der Waals surface area contributed by atoms with Gasteiger partial charge in [0.25, 0.3) is 0 Å². The molecular weight excluding hydrogens is 230 g/mol. The van der Waals surface area contributed by atoms with Gasteiger partial charge in [-0.15, -0.1) is 6.58 Å². The van der Waals surface area contributed by atoms with Crippen LogP contribution in [0.5, 0.6) is 0 Å². The molecule has 1 amide bonds. The van der Waals surface area contributed by atoms with Crippen LogP contribution in [0, 0.1) is 10.8 Å². The average molecular weight is 255 g/mol. The molecular formula is C14H25NO3. The van der Waals surface area contributed by atoms with Gasteiger partial charge in [0.15, 0.2) is 0 Å². The van der Waals surface area contributed by atoms with E-state index in [1.807, 2.05) is 0 Å². The molecule has 0 bridgehead atoms. The van der Waals surface area contributed by atoms with Crippen LogP contribution in [0.2, 0.25) is 0 Å². The van der Waals surface area contributed by atoms with Crippen LogP contribution in [-0.4, -0.2) is 29.4 Å². The number of hydrogen-bond acceptors (Lipinski definition) is 3. The van der Waals surface area contributed by atoms with Gasteiger partial charge >= 0.3 is 0 Å². The maximum atomic E-state index is 12.0. The Morgan fingerprint density at radius 1 is 1.28 bits per heavy atom. The van der Waals surface area contributed by atoms with Gasteiger partial charge in [0.1, 0.15) is 5.78 Å². The number of amides is 1. The summed E-state index contributed by atoms with van der Waals surface area (Å²) in [5.41, 5.74) is -1.97. The third-order valence-electron chi connectivity index (χ3n) is 3.40. The maximum Gasteiger partial charge on any atom is 0.228 e. The Bertz CT molecular complexity index is 332. The van der Waals surface area contributed by atoms with Gasteiger partial charge in [0, 0.05) is 13.0 Å². The summed E-state index contributed by atoms with van der Waals surface area (Å²) < 4.78 is 0. The summed E-state index contributed by atoms with van der Waals surface area (Å²) in [6, 6.07) is 0. The lowest BCUT2D eigenvalue weighted by Crippen LogP contribution is -2.53. The largest absolute Gasteiger partial charge is 0.391 e. The van der Waals surface area contributed by atoms with Crippen LogP contribution in [-0.2, 0) is 9.59 Å². The molecule has 4 nitrogen and oxygen atoms in total. The third-order valence-corrected chi connectivity index (χ3v) is 3.40. The summed E-state index contributed by atoms with van der Waals surface area (Å²) in [5.74, 6) is -0.341. The van der Waals surface area contributed by atoms with E-state index in [-0.39, 0.29) is 11.7 Å². The highest BCUT2D eigenvalue weighted by Gasteiger charge is 2.47. The number of ketones is 1. The number of carbonyl (C=O) groups is 2. The van der Waals surface area contributed by atoms with Crippen molar-refractivity contribution in [2.75, 3.05) is 6.54 Å². The molecule has 0 radical (unpaired) electrons. The summed E-state index contributed by atoms with van der Waals surface area (Å²) in [6.45, 7) is 12.2. The van der Waals surface area contributed by atoms with E-state index in [4.69, 9.17) is 0 Å². The van der Waals surface area contributed by atoms with Gasteiger partial charge in [-0.1, -0.05) is 26.8 Å². The molecule has 104 valence electrons. The summed E-state index contributed by atoms with van der Waals surface area (Å²) >= 11 is 0. The molecule has 0 aromatic carbocycles. The van der Waals surface area contributed by atoms with Crippen molar-refractivity contribution < 1.29 is 14.7 Å². The lowest BCUT2D eigenvalue weighted by Gasteiger charge is -2.38. The van der Waals surface area contributed by atoms with E-state index in [0.29, 0.717) is 13.0 Å². The number of hydrogen-bond donors (Lipinski definition) is 2. The summed E-state index contributed by atoms with van der Waals surface area (Å²) in [4.78, 5) is 23.8. The SMILES string of the molecule is C=CCNC(=O)C(C)(C)C(O)C(C)(C)C(=O)CC. The molecule has 0 heterocycles. The second-order valence-electron chi connectivity index (χ2n) is 5.62. The van der Waals surface area contributed by atoms with Crippen molar-refractivity contribution in [3.63, 3.8) is 0 Å². The van der Waals surface area contributed by atoms with Crippen LogP contribution in [0.1, 0.15) is 41.0 Å². The van der Waals surface area contributed by atoms with Crippen LogP contribution in [0.3, 0.4) is 0 Å². The third kappa shape index (κ3) is 3.42. The Kier molecular flexibility index (Phi) is 5.74. The Morgan fingerprint density at radius 2 is 1.78 bits per heavy atom. The molecule has 0 aromatic rings. The fraction of sp³-hybridized carbons (Fsp3) is 0.714. The Hall–Kier alpha value is -1.16. The topological polar surface area (TPSA) is 66.4 Å². The number of nitrogens with one attached hydrogen (secondary N) is 1. The molecule has 4 heteroatoms. The standard InChI is InChI=1S/C14H25NO3/c1-7-9-15-12(18)14(5,6)11(17)13(3,4)10(16)8-2/h7,11,17H,1,8-9H2,2-6H3,(H,15,18). The minimum absolute atomic E-state index is 0.0559. The monoisotopic (exact) mass is 255 g/mol. The van der Waals surface area contributed by atoms with Gasteiger partial charge in [-0.3, -0.25) is 9.59 Å². The number of aliphatic hydroxyl groups is 1. The first-order valence-corrected chi connectivity index (χ1v) is 6.22. The summed E-state index contributed by atoms with van der Waals surface area (Å²) in [5, 5.41) is 13.0. The normalized spacial score (nSPS) is 13.9. The molecule has 1 unspecified atom stereocenters. The average Bonchev–Trinajstić information content (AvgIpc) is 2.33. The van der Waals surface area contributed by atoms with E-state index >= 15 is 0 Å². The number of aliphatic hydroxyl groups excluding tert-OH is 1. The van der Waals surface area contributed by atoms with Crippen LogP contribution in [0.4, 0.5) is 0 Å². The highest BCUT2D eigenvalue weighted by molar-refractivity contribution is 5.88. The van der Waals surface area contributed by atoms with Gasteiger partial charge < -0.3 is 10.4 Å². The van der Waals surface area contributed by atoms with Crippen molar-refractivity contribution in [1.29, 1.82) is 0 Å². The van der Waals surface area contributed by atoms with Gasteiger partial charge in [-0.05, 0) is 13.8 Å². The molecule has 0 rings (SSSR count). The Balaban J connectivity index is 5.04. The molecule has 0 aromatic heterocycles. The van der Waals surface area contributed by atoms with Crippen molar-refractivity contribution in [3.05, 3.63) is 12.7 Å². The lowest BCUT2D eigenvalue weighted by molar-refractivity contribution is -0.148. The first-order chi connectivity index (χ1) is 8.12. The van der Waals surface area contributed by atoms with Crippen molar-refractivity contribution in [2.24, 2.45) is 10.8 Å². The zero-order valence-corrected chi connectivity index (χ0v) is 12.0. The van der Waals surface area contributed by atoms with Crippen molar-refractivity contribution in [1.82, 2.24) is 5.32 Å². The molecule has 0 spiro atoms. The predicted molar refractivity (Wildman–Crippen MR) is 72.1 cm³/mol. The maximum absolute atomic E-state index is 12.0. The van der Waals surface area contributed by atoms with Crippen LogP contribution in [0.15, 0.2) is 12.7 Å². The van der Waals surface area contributed by atoms with E-state index < -0.39 is 16.9 Å². The Labute approximate surface area is 109 Å². The predicted octanol–water partition coefficient (Wildman–Crippen LogP) is 1.68. The first kappa shape index (κ1) is 16.8. The van der Waals surface area contributed by atoms with Gasteiger partial charge in [-0.25, -0.2) is 0 Å². The van der Waals surface area contributed by atoms with Gasteiger partial charge in [0.2, 0.25) is 5.91 Å². The minimum atomic E-state index is -1.04. The minimum Gasteiger partial charge on any atom is -0.391 e. The van der Waals surface area contributed by atoms with Gasteiger partial charge in [0.05, 0.1) is 16.9 Å². The van der Waals surface area contributed by atoms with E-state index in [0.717, 1.165) is 0 Å². The summed E-state index contributed by atoms with van der Waals surface area (Å²) in [6.07, 6.45) is 0.874. The van der Waals surface area contributed by atoms with Gasteiger partial charge in [-0.2, -0.15) is 0 Å². The number of rotatable bonds is 7. The molecule has 0 aliphatic carbocycles. The molecule has 0 fully saturated rings. The quantitative estimate of drug-likeness (QED) is 0.680. The highest BCUT2D eigenvalue weighted by atomic mass is 16.3. The number of carbonyl (C=O) groups excluding carboxylic acids is 2. The van der Waals surface area contributed by atoms with Crippen molar-refractivity contribution in [3.8, 4) is 0 Å². The highest BCUT2D eigenvalue weighted by Crippen LogP contribution is 2.35. The fourth-order valence-electron chi connectivity index (χ4n) is 2.03. The molecule has 0 saturated carbocycles. The summed E-state index contributed by atoms with van der Waals surface area (Å²) in [7, 11) is 0. The van der Waals surface area contributed by atoms with Crippen LogP contribution in [0.25, 0.3) is 0 Å². The fourth-order valence-corrected chi connectivity index (χ4v) is 2.03. The molecule has 0 aliphatic rings. The molecule has 18 heavy (non-hydrogen) atoms. The zero-order chi connectivity index (χ0) is 14.6. The zero-order valence-electron chi connectivity index (χ0n) is 12.0. The molecule has 1 atom stereocenters. The van der Waals surface area contributed by atoms with Crippen LogP contribution < -0.4 is 5.32 Å². The lowest BCUT2D eigenvalue weighted by atomic mass is 9.69. The molecule has 2 N–H and O–H groups in total. The smallest absolute Gasteiger partial charge is 0.228 e. The van der Waals surface area contributed by atoms with E-state index in [2.05, 4.69) is 11.9 Å². The second kappa shape index (κ2) is 6.14. The number of Topliss-reactive ketones (excluding diaryl/α,β-unsaturated/α-hetero) is 1. The molecule has 0 saturated heterocycles. The Morgan fingerprint density at radius 3 is 2.17 bits per heavy atom. The van der Waals surface area contributed by atoms with Crippen molar-refractivity contribution >= 4 is 11.7 Å². The molecule has 0 aliphatic heterocycles. The van der Waals surface area contributed by atoms with E-state index in [1.165, 1.54) is 0 Å². The van der Waals surface area contributed by atoms with E-state index in [9.17, 15) is 14.7 Å². The van der Waals surface area contributed by atoms with E-state index in [1.54, 1.807) is 40.7 Å². The first-order valence-electron chi connectivity index (χ1n) is 6.22. The van der Waals surface area contributed by atoms with Crippen LogP contribution >= 0.6 is 0 Å².